The van der Waals surface area contributed by atoms with Gasteiger partial charge < -0.3 is 14.9 Å². The molecule has 1 heterocycles. The summed E-state index contributed by atoms with van der Waals surface area (Å²) in [6.07, 6.45) is 1.39. The summed E-state index contributed by atoms with van der Waals surface area (Å²) >= 11 is 6.15. The van der Waals surface area contributed by atoms with E-state index in [2.05, 4.69) is 4.99 Å². The van der Waals surface area contributed by atoms with E-state index in [1.54, 1.807) is 7.11 Å². The normalized spacial score (nSPS) is 13.5. The average Bonchev–Trinajstić information content (AvgIpc) is 2.52. The maximum absolute atomic E-state index is 9.65. The number of benzene rings is 2. The highest BCUT2D eigenvalue weighted by Gasteiger charge is 2.17. The average molecular weight is 318 g/mol. The third-order valence-corrected chi connectivity index (χ3v) is 4.16. The van der Waals surface area contributed by atoms with Crippen LogP contribution in [0.2, 0.25) is 5.02 Å². The van der Waals surface area contributed by atoms with Crippen molar-refractivity contribution in [2.45, 2.75) is 12.8 Å². The molecule has 1 aliphatic rings. The van der Waals surface area contributed by atoms with Crippen LogP contribution < -0.4 is 4.74 Å². The van der Waals surface area contributed by atoms with Gasteiger partial charge >= 0.3 is 0 Å². The molecule has 0 spiro atoms. The lowest BCUT2D eigenvalue weighted by molar-refractivity contribution is 0.403. The first-order chi connectivity index (χ1) is 10.6. The Balaban J connectivity index is 1.94. The van der Waals surface area contributed by atoms with Crippen molar-refractivity contribution >= 4 is 17.3 Å². The lowest BCUT2D eigenvalue weighted by atomic mass is 9.93. The minimum atomic E-state index is -0.218. The fourth-order valence-electron chi connectivity index (χ4n) is 2.64. The van der Waals surface area contributed by atoms with E-state index in [0.29, 0.717) is 11.4 Å². The fraction of sp³-hybridized carbons (Fsp3) is 0.235. The number of aliphatic imine (C=N–C) groups is 1. The monoisotopic (exact) mass is 317 g/mol. The molecular weight excluding hydrogens is 302 g/mol. The Morgan fingerprint density at radius 2 is 1.95 bits per heavy atom. The van der Waals surface area contributed by atoms with Crippen molar-refractivity contribution in [1.82, 2.24) is 0 Å². The Bertz CT molecular complexity index is 756. The summed E-state index contributed by atoms with van der Waals surface area (Å²) < 4.78 is 5.26. The highest BCUT2D eigenvalue weighted by molar-refractivity contribution is 6.32. The van der Waals surface area contributed by atoms with Crippen LogP contribution in [0.1, 0.15) is 16.7 Å². The van der Waals surface area contributed by atoms with Crippen LogP contribution >= 0.6 is 11.6 Å². The number of hydrogen-bond acceptors (Lipinski definition) is 4. The molecule has 0 aromatic heterocycles. The van der Waals surface area contributed by atoms with Crippen LogP contribution in [0.3, 0.4) is 0 Å². The molecule has 0 fully saturated rings. The van der Waals surface area contributed by atoms with E-state index in [0.717, 1.165) is 35.6 Å². The van der Waals surface area contributed by atoms with Gasteiger partial charge in [-0.2, -0.15) is 0 Å². The number of hydrogen-bond donors (Lipinski definition) is 2. The SMILES string of the molecule is COc1ccc2c(c1)CCN=C2Cc1cc(O)c(O)cc1Cl. The molecule has 0 saturated heterocycles. The number of halogens is 1. The van der Waals surface area contributed by atoms with Gasteiger partial charge in [0.2, 0.25) is 0 Å². The topological polar surface area (TPSA) is 62.0 Å². The lowest BCUT2D eigenvalue weighted by Crippen LogP contribution is -2.15. The molecule has 22 heavy (non-hydrogen) atoms. The summed E-state index contributed by atoms with van der Waals surface area (Å²) in [6, 6.07) is 8.78. The molecule has 1 aliphatic heterocycles. The molecule has 0 aliphatic carbocycles. The highest BCUT2D eigenvalue weighted by Crippen LogP contribution is 2.32. The van der Waals surface area contributed by atoms with Gasteiger partial charge in [0.1, 0.15) is 5.75 Å². The van der Waals surface area contributed by atoms with E-state index in [-0.39, 0.29) is 11.5 Å². The van der Waals surface area contributed by atoms with E-state index >= 15 is 0 Å². The zero-order valence-electron chi connectivity index (χ0n) is 12.1. The van der Waals surface area contributed by atoms with Crippen molar-refractivity contribution in [3.63, 3.8) is 0 Å². The third kappa shape index (κ3) is 2.74. The van der Waals surface area contributed by atoms with Gasteiger partial charge in [-0.15, -0.1) is 0 Å². The van der Waals surface area contributed by atoms with Crippen molar-refractivity contribution in [3.8, 4) is 17.2 Å². The summed E-state index contributed by atoms with van der Waals surface area (Å²) in [4.78, 5) is 4.59. The molecule has 4 nitrogen and oxygen atoms in total. The summed E-state index contributed by atoms with van der Waals surface area (Å²) in [7, 11) is 1.65. The van der Waals surface area contributed by atoms with E-state index in [4.69, 9.17) is 16.3 Å². The van der Waals surface area contributed by atoms with Gasteiger partial charge in [-0.25, -0.2) is 0 Å². The second-order valence-electron chi connectivity index (χ2n) is 5.21. The van der Waals surface area contributed by atoms with Crippen molar-refractivity contribution in [2.75, 3.05) is 13.7 Å². The second-order valence-corrected chi connectivity index (χ2v) is 5.62. The molecule has 3 rings (SSSR count). The van der Waals surface area contributed by atoms with Crippen LogP contribution in [0, 0.1) is 0 Å². The standard InChI is InChI=1S/C17H16ClNO3/c1-22-12-2-3-13-10(6-12)4-5-19-15(13)7-11-8-16(20)17(21)9-14(11)18/h2-3,6,8-9,20-21H,4-5,7H2,1H3. The Hall–Kier alpha value is -2.20. The molecule has 114 valence electrons. The maximum atomic E-state index is 9.65. The summed E-state index contributed by atoms with van der Waals surface area (Å²) in [6.45, 7) is 0.719. The van der Waals surface area contributed by atoms with Crippen LogP contribution in [-0.4, -0.2) is 29.6 Å². The first kappa shape index (κ1) is 14.7. The molecule has 0 amide bonds. The molecule has 2 N–H and O–H groups in total. The Morgan fingerprint density at radius 3 is 2.73 bits per heavy atom. The molecule has 2 aromatic carbocycles. The minimum absolute atomic E-state index is 0.175. The maximum Gasteiger partial charge on any atom is 0.158 e. The first-order valence-corrected chi connectivity index (χ1v) is 7.37. The lowest BCUT2D eigenvalue weighted by Gasteiger charge is -2.18. The van der Waals surface area contributed by atoms with Crippen molar-refractivity contribution < 1.29 is 14.9 Å². The molecule has 0 atom stereocenters. The predicted molar refractivity (Wildman–Crippen MR) is 86.6 cm³/mol. The predicted octanol–water partition coefficient (Wildman–Crippen LogP) is 3.35. The van der Waals surface area contributed by atoms with E-state index in [1.807, 2.05) is 18.2 Å². The molecule has 0 unspecified atom stereocenters. The van der Waals surface area contributed by atoms with Gasteiger partial charge in [-0.3, -0.25) is 4.99 Å². The number of fused-ring (bicyclic) bond motifs is 1. The molecule has 5 heteroatoms. The number of nitrogens with zero attached hydrogens (tertiary/aromatic N) is 1. The van der Waals surface area contributed by atoms with Crippen LogP contribution in [0.15, 0.2) is 35.3 Å². The molecule has 0 radical (unpaired) electrons. The van der Waals surface area contributed by atoms with Crippen LogP contribution in [0.5, 0.6) is 17.2 Å². The summed E-state index contributed by atoms with van der Waals surface area (Å²) in [5, 5.41) is 19.5. The number of methoxy groups -OCH3 is 1. The zero-order valence-corrected chi connectivity index (χ0v) is 12.9. The molecule has 0 saturated carbocycles. The highest BCUT2D eigenvalue weighted by atomic mass is 35.5. The summed E-state index contributed by atoms with van der Waals surface area (Å²) in [5.41, 5.74) is 3.94. The molecule has 2 aromatic rings. The number of aromatic hydroxyl groups is 2. The summed E-state index contributed by atoms with van der Waals surface area (Å²) in [5.74, 6) is 0.440. The van der Waals surface area contributed by atoms with Crippen molar-refractivity contribution in [2.24, 2.45) is 4.99 Å². The Morgan fingerprint density at radius 1 is 1.18 bits per heavy atom. The van der Waals surface area contributed by atoms with Gasteiger partial charge in [-0.05, 0) is 47.4 Å². The third-order valence-electron chi connectivity index (χ3n) is 3.81. The smallest absolute Gasteiger partial charge is 0.158 e. The van der Waals surface area contributed by atoms with Gasteiger partial charge in [-0.1, -0.05) is 11.6 Å². The fourth-order valence-corrected chi connectivity index (χ4v) is 2.87. The van der Waals surface area contributed by atoms with E-state index in [9.17, 15) is 10.2 Å². The quantitative estimate of drug-likeness (QED) is 0.853. The van der Waals surface area contributed by atoms with Crippen molar-refractivity contribution in [1.29, 1.82) is 0 Å². The van der Waals surface area contributed by atoms with Gasteiger partial charge in [0.05, 0.1) is 7.11 Å². The first-order valence-electron chi connectivity index (χ1n) is 6.99. The zero-order chi connectivity index (χ0) is 15.7. The van der Waals surface area contributed by atoms with E-state index in [1.165, 1.54) is 17.7 Å². The number of ether oxygens (including phenoxy) is 1. The van der Waals surface area contributed by atoms with Crippen molar-refractivity contribution in [3.05, 3.63) is 52.0 Å². The van der Waals surface area contributed by atoms with Gasteiger partial charge in [0.15, 0.2) is 11.5 Å². The molecule has 0 bridgehead atoms. The Labute approximate surface area is 133 Å². The Kier molecular flexibility index (Phi) is 3.94. The second kappa shape index (κ2) is 5.89. The van der Waals surface area contributed by atoms with Crippen LogP contribution in [0.25, 0.3) is 0 Å². The number of rotatable bonds is 3. The largest absolute Gasteiger partial charge is 0.504 e. The van der Waals surface area contributed by atoms with Gasteiger partial charge in [0, 0.05) is 29.8 Å². The number of phenols is 2. The minimum Gasteiger partial charge on any atom is -0.504 e. The van der Waals surface area contributed by atoms with Gasteiger partial charge in [0.25, 0.3) is 0 Å². The van der Waals surface area contributed by atoms with E-state index < -0.39 is 0 Å². The number of phenolic OH excluding ortho intramolecular Hbond substituents is 2. The van der Waals surface area contributed by atoms with Crippen LogP contribution in [0.4, 0.5) is 0 Å². The van der Waals surface area contributed by atoms with Crippen LogP contribution in [-0.2, 0) is 12.8 Å². The molecular formula is C17H16ClNO3.